The van der Waals surface area contributed by atoms with Crippen LogP contribution in [-0.4, -0.2) is 53.6 Å². The van der Waals surface area contributed by atoms with Crippen LogP contribution in [0.1, 0.15) is 42.9 Å². The van der Waals surface area contributed by atoms with Crippen LogP contribution >= 0.6 is 0 Å². The molecule has 2 atom stereocenters. The molecule has 1 saturated heterocycles. The summed E-state index contributed by atoms with van der Waals surface area (Å²) < 4.78 is 30.5. The zero-order chi connectivity index (χ0) is 26.7. The molecule has 3 aliphatic heterocycles. The lowest BCUT2D eigenvalue weighted by Gasteiger charge is -2.39. The predicted molar refractivity (Wildman–Crippen MR) is 144 cm³/mol. The van der Waals surface area contributed by atoms with Gasteiger partial charge < -0.3 is 19.8 Å². The van der Waals surface area contributed by atoms with Crippen molar-refractivity contribution in [2.45, 2.75) is 45.1 Å². The first-order chi connectivity index (χ1) is 18.2. The minimum atomic E-state index is -2.63. The molecule has 0 spiro atoms. The van der Waals surface area contributed by atoms with Crippen LogP contribution in [0.25, 0.3) is 11.1 Å². The van der Waals surface area contributed by atoms with E-state index in [1.165, 1.54) is 0 Å². The Morgan fingerprint density at radius 1 is 1.08 bits per heavy atom. The summed E-state index contributed by atoms with van der Waals surface area (Å²) in [6.45, 7) is 3.91. The van der Waals surface area contributed by atoms with Crippen molar-refractivity contribution in [3.05, 3.63) is 53.3 Å². The molecule has 1 unspecified atom stereocenters. The van der Waals surface area contributed by atoms with E-state index in [-0.39, 0.29) is 23.5 Å². The molecule has 1 amide bonds. The lowest BCUT2D eigenvalue weighted by atomic mass is 9.89. The highest BCUT2D eigenvalue weighted by Crippen LogP contribution is 2.46. The Morgan fingerprint density at radius 3 is 2.55 bits per heavy atom. The van der Waals surface area contributed by atoms with Crippen molar-refractivity contribution in [3.63, 3.8) is 0 Å². The van der Waals surface area contributed by atoms with E-state index in [0.717, 1.165) is 53.3 Å². The zero-order valence-electron chi connectivity index (χ0n) is 22.0. The van der Waals surface area contributed by atoms with Crippen molar-refractivity contribution in [2.24, 2.45) is 13.0 Å². The molecule has 1 aromatic heterocycles. The molecule has 0 aliphatic carbocycles. The van der Waals surface area contributed by atoms with Gasteiger partial charge >= 0.3 is 0 Å². The third-order valence-corrected chi connectivity index (χ3v) is 8.25. The molecule has 3 aromatic rings. The number of amides is 1. The maximum Gasteiger partial charge on any atom is 0.264 e. The number of aryl methyl sites for hydroxylation is 2. The van der Waals surface area contributed by atoms with E-state index in [9.17, 15) is 18.7 Å². The molecular weight excluding hydrogens is 488 g/mol. The minimum absolute atomic E-state index is 0.00278. The largest absolute Gasteiger partial charge is 0.391 e. The van der Waals surface area contributed by atoms with E-state index in [4.69, 9.17) is 0 Å². The number of halogens is 2. The van der Waals surface area contributed by atoms with E-state index >= 15 is 0 Å². The minimum Gasteiger partial charge on any atom is -0.391 e. The molecule has 1 N–H and O–H groups in total. The molecule has 1 fully saturated rings. The van der Waals surface area contributed by atoms with Crippen LogP contribution in [0.2, 0.25) is 0 Å². The van der Waals surface area contributed by atoms with Gasteiger partial charge in [-0.2, -0.15) is 5.10 Å². The summed E-state index contributed by atoms with van der Waals surface area (Å²) in [6.07, 6.45) is 3.37. The summed E-state index contributed by atoms with van der Waals surface area (Å²) in [5.41, 5.74) is 6.85. The number of hydrogen-bond acceptors (Lipinski definition) is 5. The van der Waals surface area contributed by atoms with Gasteiger partial charge in [0, 0.05) is 79.6 Å². The van der Waals surface area contributed by atoms with Crippen LogP contribution in [0.3, 0.4) is 0 Å². The van der Waals surface area contributed by atoms with Crippen LogP contribution in [0.4, 0.5) is 31.5 Å². The van der Waals surface area contributed by atoms with E-state index < -0.39 is 6.43 Å². The highest BCUT2D eigenvalue weighted by Gasteiger charge is 2.34. The van der Waals surface area contributed by atoms with Crippen molar-refractivity contribution in [1.29, 1.82) is 0 Å². The van der Waals surface area contributed by atoms with Gasteiger partial charge in [0.15, 0.2) is 0 Å². The van der Waals surface area contributed by atoms with Crippen LogP contribution in [-0.2, 0) is 24.7 Å². The number of carbonyl (C=O) groups excluding carboxylic acids is 1. The molecule has 4 heterocycles. The zero-order valence-corrected chi connectivity index (χ0v) is 22.0. The number of fused-ring (bicyclic) bond motifs is 2. The summed E-state index contributed by atoms with van der Waals surface area (Å²) in [5.74, 6) is -0.0956. The number of alkyl halides is 2. The second-order valence-corrected chi connectivity index (χ2v) is 10.9. The Labute approximate surface area is 221 Å². The third kappa shape index (κ3) is 4.13. The highest BCUT2D eigenvalue weighted by molar-refractivity contribution is 6.00. The van der Waals surface area contributed by atoms with Gasteiger partial charge in [0.1, 0.15) is 0 Å². The van der Waals surface area contributed by atoms with Crippen LogP contribution in [0.15, 0.2) is 36.7 Å². The first kappa shape index (κ1) is 24.9. The summed E-state index contributed by atoms with van der Waals surface area (Å²) in [4.78, 5) is 19.0. The molecule has 6 rings (SSSR count). The normalized spacial score (nSPS) is 21.3. The maximum absolute atomic E-state index is 14.4. The van der Waals surface area contributed by atoms with Gasteiger partial charge in [-0.3, -0.25) is 9.48 Å². The van der Waals surface area contributed by atoms with E-state index in [1.807, 2.05) is 26.1 Å². The second-order valence-electron chi connectivity index (χ2n) is 10.9. The SMILES string of the molecule is CC1Cc2c(cc(N3CC[C@@H](O)C3)cc2N2CCCc3cc(-c4cnn(C)c4)c(C(F)F)cc32)N(C)C1=O. The Morgan fingerprint density at radius 2 is 1.87 bits per heavy atom. The quantitative estimate of drug-likeness (QED) is 0.533. The van der Waals surface area contributed by atoms with E-state index in [0.29, 0.717) is 37.1 Å². The number of aliphatic hydroxyl groups is 1. The number of nitrogens with zero attached hydrogens (tertiary/aromatic N) is 5. The molecular formula is C29H33F2N5O2. The van der Waals surface area contributed by atoms with Gasteiger partial charge in [-0.1, -0.05) is 6.92 Å². The smallest absolute Gasteiger partial charge is 0.264 e. The number of aromatic nitrogens is 2. The number of carbonyl (C=O) groups is 1. The van der Waals surface area contributed by atoms with Gasteiger partial charge in [0.25, 0.3) is 6.43 Å². The van der Waals surface area contributed by atoms with Gasteiger partial charge in [-0.05, 0) is 61.1 Å². The van der Waals surface area contributed by atoms with Gasteiger partial charge in [0.2, 0.25) is 5.91 Å². The van der Waals surface area contributed by atoms with Crippen LogP contribution in [0, 0.1) is 5.92 Å². The topological polar surface area (TPSA) is 64.8 Å². The lowest BCUT2D eigenvalue weighted by Crippen LogP contribution is -2.38. The van der Waals surface area contributed by atoms with Gasteiger partial charge in [-0.25, -0.2) is 8.78 Å². The van der Waals surface area contributed by atoms with Crippen molar-refractivity contribution >= 4 is 28.7 Å². The molecule has 7 nitrogen and oxygen atoms in total. The van der Waals surface area contributed by atoms with Crippen molar-refractivity contribution < 1.29 is 18.7 Å². The Balaban J connectivity index is 1.52. The molecule has 0 bridgehead atoms. The average molecular weight is 522 g/mol. The van der Waals surface area contributed by atoms with Crippen molar-refractivity contribution in [1.82, 2.24) is 9.78 Å². The van der Waals surface area contributed by atoms with Crippen molar-refractivity contribution in [2.75, 3.05) is 41.4 Å². The Kier molecular flexibility index (Phi) is 6.13. The van der Waals surface area contributed by atoms with Gasteiger partial charge in [-0.15, -0.1) is 0 Å². The summed E-state index contributed by atoms with van der Waals surface area (Å²) >= 11 is 0. The van der Waals surface area contributed by atoms with E-state index in [1.54, 1.807) is 35.1 Å². The molecule has 3 aliphatic rings. The second kappa shape index (κ2) is 9.38. The molecule has 38 heavy (non-hydrogen) atoms. The van der Waals surface area contributed by atoms with E-state index in [2.05, 4.69) is 21.0 Å². The Bertz CT molecular complexity index is 1400. The number of anilines is 4. The fraction of sp³-hybridized carbons (Fsp3) is 0.448. The molecule has 200 valence electrons. The molecule has 2 aromatic carbocycles. The highest BCUT2D eigenvalue weighted by atomic mass is 19.3. The lowest BCUT2D eigenvalue weighted by molar-refractivity contribution is -0.121. The first-order valence-electron chi connectivity index (χ1n) is 13.3. The first-order valence-corrected chi connectivity index (χ1v) is 13.3. The Hall–Kier alpha value is -3.46. The summed E-state index contributed by atoms with van der Waals surface area (Å²) in [6, 6.07) is 7.73. The van der Waals surface area contributed by atoms with Crippen molar-refractivity contribution in [3.8, 4) is 11.1 Å². The molecule has 0 radical (unpaired) electrons. The average Bonchev–Trinajstić information content (AvgIpc) is 3.54. The summed E-state index contributed by atoms with van der Waals surface area (Å²) in [5, 5.41) is 14.4. The number of hydrogen-bond donors (Lipinski definition) is 1. The number of β-amino-alcohol motifs (C(OH)–C–C–N with tert-alkyl or cyclic N) is 1. The number of benzene rings is 2. The van der Waals surface area contributed by atoms with Gasteiger partial charge in [0.05, 0.1) is 18.0 Å². The van der Waals surface area contributed by atoms with Crippen LogP contribution in [0.5, 0.6) is 0 Å². The fourth-order valence-electron chi connectivity index (χ4n) is 6.27. The molecule has 0 saturated carbocycles. The third-order valence-electron chi connectivity index (χ3n) is 8.25. The maximum atomic E-state index is 14.4. The fourth-order valence-corrected chi connectivity index (χ4v) is 6.27. The predicted octanol–water partition coefficient (Wildman–Crippen LogP) is 4.84. The number of rotatable bonds is 4. The number of aliphatic hydroxyl groups excluding tert-OH is 1. The summed E-state index contributed by atoms with van der Waals surface area (Å²) in [7, 11) is 3.59. The molecule has 9 heteroatoms. The van der Waals surface area contributed by atoms with Crippen LogP contribution < -0.4 is 14.7 Å². The standard InChI is InChI=1S/C29H33F2N5O2/c1-17-9-24-26(34(3)29(17)38)11-20(35-8-6-21(37)16-35)12-27(24)36-7-4-5-18-10-22(19-14-32-33(2)15-19)23(28(30)31)13-25(18)36/h10-15,17,21,28,37H,4-9,16H2,1-3H3/t17?,21-/m1/s1. The monoisotopic (exact) mass is 521 g/mol.